The minimum Gasteiger partial charge on any atom is -0.382 e. The van der Waals surface area contributed by atoms with Gasteiger partial charge >= 0.3 is 6.18 Å². The van der Waals surface area contributed by atoms with Crippen LogP contribution in [0.3, 0.4) is 0 Å². The second-order valence-electron chi connectivity index (χ2n) is 3.73. The molecule has 0 saturated heterocycles. The topological polar surface area (TPSA) is 54.7 Å². The summed E-state index contributed by atoms with van der Waals surface area (Å²) in [5, 5.41) is 5.87. The molecule has 0 amide bonds. The third-order valence-corrected chi connectivity index (χ3v) is 2.38. The molecule has 1 heterocycles. The van der Waals surface area contributed by atoms with Crippen LogP contribution in [0.15, 0.2) is 0 Å². The quantitative estimate of drug-likeness (QED) is 0.741. The van der Waals surface area contributed by atoms with Gasteiger partial charge < -0.3 is 5.73 Å². The molecule has 14 heavy (non-hydrogen) atoms. The van der Waals surface area contributed by atoms with Crippen LogP contribution in [-0.2, 0) is 5.41 Å². The Morgan fingerprint density at radius 3 is 2.07 bits per heavy atom. The molecule has 0 aliphatic heterocycles. The third kappa shape index (κ3) is 1.44. The fraction of sp³-hybridized carbons (Fsp3) is 0.625. The lowest BCUT2D eigenvalue weighted by Gasteiger charge is -2.26. The summed E-state index contributed by atoms with van der Waals surface area (Å²) in [5.74, 6) is 0.109. The van der Waals surface area contributed by atoms with Gasteiger partial charge in [0.05, 0.1) is 5.69 Å². The van der Waals surface area contributed by atoms with Crippen molar-refractivity contribution in [3.05, 3.63) is 11.3 Å². The summed E-state index contributed by atoms with van der Waals surface area (Å²) in [4.78, 5) is 0. The number of hydrogen-bond acceptors (Lipinski definition) is 2. The largest absolute Gasteiger partial charge is 0.399 e. The fourth-order valence-electron chi connectivity index (χ4n) is 1.16. The standard InChI is InChI=1S/C8H12F3N3/c1-4-5(13-14-6(4)12)7(2,3)8(9,10)11/h1-3H3,(H3,12,13,14). The first-order valence-electron chi connectivity index (χ1n) is 4.05. The minimum atomic E-state index is -4.32. The summed E-state index contributed by atoms with van der Waals surface area (Å²) in [5.41, 5.74) is 3.78. The third-order valence-electron chi connectivity index (χ3n) is 2.38. The Bertz CT molecular complexity index is 338. The van der Waals surface area contributed by atoms with Gasteiger partial charge in [0, 0.05) is 5.56 Å². The highest BCUT2D eigenvalue weighted by atomic mass is 19.4. The zero-order chi connectivity index (χ0) is 11.1. The van der Waals surface area contributed by atoms with Crippen molar-refractivity contribution in [1.29, 1.82) is 0 Å². The van der Waals surface area contributed by atoms with Gasteiger partial charge in [-0.25, -0.2) is 0 Å². The van der Waals surface area contributed by atoms with Crippen molar-refractivity contribution in [2.75, 3.05) is 5.73 Å². The van der Waals surface area contributed by atoms with Crippen molar-refractivity contribution in [3.8, 4) is 0 Å². The van der Waals surface area contributed by atoms with Gasteiger partial charge in [-0.3, -0.25) is 5.10 Å². The molecular weight excluding hydrogens is 195 g/mol. The van der Waals surface area contributed by atoms with Gasteiger partial charge in [0.1, 0.15) is 11.2 Å². The smallest absolute Gasteiger partial charge is 0.382 e. The number of rotatable bonds is 1. The number of hydrogen-bond donors (Lipinski definition) is 2. The number of nitrogens with zero attached hydrogens (tertiary/aromatic N) is 1. The maximum Gasteiger partial charge on any atom is 0.399 e. The van der Waals surface area contributed by atoms with E-state index in [1.165, 1.54) is 6.92 Å². The molecule has 0 aliphatic carbocycles. The number of aromatic amines is 1. The van der Waals surface area contributed by atoms with Crippen LogP contribution in [0.2, 0.25) is 0 Å². The van der Waals surface area contributed by atoms with Crippen molar-refractivity contribution in [2.24, 2.45) is 0 Å². The summed E-state index contributed by atoms with van der Waals surface area (Å²) in [6.07, 6.45) is -4.32. The van der Waals surface area contributed by atoms with Crippen LogP contribution < -0.4 is 5.73 Å². The van der Waals surface area contributed by atoms with Gasteiger partial charge in [0.15, 0.2) is 0 Å². The highest BCUT2D eigenvalue weighted by Crippen LogP contribution is 2.41. The van der Waals surface area contributed by atoms with Gasteiger partial charge in [-0.2, -0.15) is 18.3 Å². The van der Waals surface area contributed by atoms with Crippen molar-refractivity contribution >= 4 is 5.82 Å². The molecule has 0 bridgehead atoms. The first-order valence-corrected chi connectivity index (χ1v) is 4.05. The molecule has 3 nitrogen and oxygen atoms in total. The molecule has 1 rings (SSSR count). The summed E-state index contributed by atoms with van der Waals surface area (Å²) < 4.78 is 37.9. The molecule has 0 aromatic carbocycles. The molecule has 0 aliphatic rings. The summed E-state index contributed by atoms with van der Waals surface area (Å²) >= 11 is 0. The van der Waals surface area contributed by atoms with E-state index in [9.17, 15) is 13.2 Å². The summed E-state index contributed by atoms with van der Waals surface area (Å²) in [6.45, 7) is 3.70. The Hall–Kier alpha value is -1.20. The number of H-pyrrole nitrogens is 1. The average Bonchev–Trinajstić information content (AvgIpc) is 2.30. The maximum atomic E-state index is 12.6. The molecule has 0 radical (unpaired) electrons. The van der Waals surface area contributed by atoms with Gasteiger partial charge in [0.25, 0.3) is 0 Å². The SMILES string of the molecule is Cc1c(N)n[nH]c1C(C)(C)C(F)(F)F. The van der Waals surface area contributed by atoms with E-state index in [0.717, 1.165) is 13.8 Å². The monoisotopic (exact) mass is 207 g/mol. The van der Waals surface area contributed by atoms with Gasteiger partial charge in [0.2, 0.25) is 0 Å². The number of anilines is 1. The highest BCUT2D eigenvalue weighted by Gasteiger charge is 2.50. The average molecular weight is 207 g/mol. The second-order valence-corrected chi connectivity index (χ2v) is 3.73. The number of alkyl halides is 3. The second kappa shape index (κ2) is 2.90. The van der Waals surface area contributed by atoms with Crippen LogP contribution in [0.1, 0.15) is 25.1 Å². The molecule has 0 atom stereocenters. The van der Waals surface area contributed by atoms with Gasteiger partial charge in [-0.1, -0.05) is 0 Å². The molecule has 0 fully saturated rings. The lowest BCUT2D eigenvalue weighted by molar-refractivity contribution is -0.181. The van der Waals surface area contributed by atoms with E-state index in [2.05, 4.69) is 10.2 Å². The van der Waals surface area contributed by atoms with Crippen molar-refractivity contribution < 1.29 is 13.2 Å². The Kier molecular flexibility index (Phi) is 2.25. The number of halogens is 3. The number of nitrogens with two attached hydrogens (primary N) is 1. The Labute approximate surface area is 79.5 Å². The number of aromatic nitrogens is 2. The zero-order valence-corrected chi connectivity index (χ0v) is 8.16. The molecule has 0 unspecified atom stereocenters. The predicted octanol–water partition coefficient (Wildman–Crippen LogP) is 2.14. The van der Waals surface area contributed by atoms with Gasteiger partial charge in [-0.15, -0.1) is 0 Å². The van der Waals surface area contributed by atoms with Crippen molar-refractivity contribution in [1.82, 2.24) is 10.2 Å². The van der Waals surface area contributed by atoms with Crippen LogP contribution in [0, 0.1) is 6.92 Å². The van der Waals surface area contributed by atoms with Crippen LogP contribution >= 0.6 is 0 Å². The lowest BCUT2D eigenvalue weighted by Crippen LogP contribution is -2.37. The highest BCUT2D eigenvalue weighted by molar-refractivity contribution is 5.43. The van der Waals surface area contributed by atoms with Crippen LogP contribution in [0.25, 0.3) is 0 Å². The molecule has 0 saturated carbocycles. The Morgan fingerprint density at radius 2 is 1.79 bits per heavy atom. The molecule has 3 N–H and O–H groups in total. The number of nitrogen functional groups attached to an aromatic ring is 1. The van der Waals surface area contributed by atoms with E-state index in [4.69, 9.17) is 5.73 Å². The van der Waals surface area contributed by atoms with Gasteiger partial charge in [-0.05, 0) is 20.8 Å². The fourth-order valence-corrected chi connectivity index (χ4v) is 1.16. The van der Waals surface area contributed by atoms with E-state index in [1.54, 1.807) is 0 Å². The van der Waals surface area contributed by atoms with E-state index >= 15 is 0 Å². The van der Waals surface area contributed by atoms with Crippen LogP contribution in [0.5, 0.6) is 0 Å². The minimum absolute atomic E-state index is 0.0162. The van der Waals surface area contributed by atoms with Crippen molar-refractivity contribution in [2.45, 2.75) is 32.4 Å². The lowest BCUT2D eigenvalue weighted by atomic mass is 9.86. The molecule has 0 spiro atoms. The normalized spacial score (nSPS) is 13.3. The molecule has 1 aromatic heterocycles. The Balaban J connectivity index is 3.23. The summed E-state index contributed by atoms with van der Waals surface area (Å²) in [6, 6.07) is 0. The number of nitrogens with one attached hydrogen (secondary N) is 1. The van der Waals surface area contributed by atoms with E-state index in [-0.39, 0.29) is 11.5 Å². The predicted molar refractivity (Wildman–Crippen MR) is 46.8 cm³/mol. The first-order chi connectivity index (χ1) is 6.18. The van der Waals surface area contributed by atoms with E-state index < -0.39 is 11.6 Å². The maximum absolute atomic E-state index is 12.6. The first kappa shape index (κ1) is 10.9. The van der Waals surface area contributed by atoms with Crippen LogP contribution in [-0.4, -0.2) is 16.4 Å². The summed E-state index contributed by atoms with van der Waals surface area (Å²) in [7, 11) is 0. The molecule has 80 valence electrons. The molecule has 1 aromatic rings. The Morgan fingerprint density at radius 1 is 1.29 bits per heavy atom. The molecular formula is C8H12F3N3. The zero-order valence-electron chi connectivity index (χ0n) is 8.16. The van der Waals surface area contributed by atoms with E-state index in [1.807, 2.05) is 0 Å². The van der Waals surface area contributed by atoms with E-state index in [0.29, 0.717) is 5.56 Å². The van der Waals surface area contributed by atoms with Crippen LogP contribution in [0.4, 0.5) is 19.0 Å². The van der Waals surface area contributed by atoms with Crippen molar-refractivity contribution in [3.63, 3.8) is 0 Å². The molecule has 6 heteroatoms.